The van der Waals surface area contributed by atoms with Crippen molar-refractivity contribution in [3.8, 4) is 0 Å². The van der Waals surface area contributed by atoms with Gasteiger partial charge in [-0.3, -0.25) is 4.31 Å². The second kappa shape index (κ2) is 7.22. The topological polar surface area (TPSA) is 37.4 Å². The minimum atomic E-state index is -3.70. The molecule has 0 atom stereocenters. The molecule has 0 fully saturated rings. The molecule has 0 aromatic heterocycles. The molecule has 0 amide bonds. The zero-order valence-corrected chi connectivity index (χ0v) is 14.5. The molecular weight excluding hydrogens is 338 g/mol. The van der Waals surface area contributed by atoms with Crippen molar-refractivity contribution < 1.29 is 8.42 Å². The van der Waals surface area contributed by atoms with Crippen molar-refractivity contribution in [1.29, 1.82) is 0 Å². The third kappa shape index (κ3) is 3.48. The summed E-state index contributed by atoms with van der Waals surface area (Å²) in [5, 5.41) is 0.383. The summed E-state index contributed by atoms with van der Waals surface area (Å²) in [5.74, 6) is 0. The van der Waals surface area contributed by atoms with Gasteiger partial charge in [-0.2, -0.15) is 0 Å². The van der Waals surface area contributed by atoms with Crippen molar-refractivity contribution in [1.82, 2.24) is 0 Å². The second-order valence-corrected chi connectivity index (χ2v) is 7.60. The average Bonchev–Trinajstić information content (AvgIpc) is 2.53. The van der Waals surface area contributed by atoms with Gasteiger partial charge in [-0.05, 0) is 42.7 Å². The van der Waals surface area contributed by atoms with Gasteiger partial charge in [-0.15, -0.1) is 18.3 Å². The predicted octanol–water partition coefficient (Wildman–Crippen LogP) is 4.44. The first-order chi connectivity index (χ1) is 10.5. The molecule has 2 aromatic carbocycles. The number of halogens is 1. The summed E-state index contributed by atoms with van der Waals surface area (Å²) in [7, 11) is -3.70. The lowest BCUT2D eigenvalue weighted by molar-refractivity contribution is 0.593. The first kappa shape index (κ1) is 16.9. The Morgan fingerprint density at radius 1 is 1.18 bits per heavy atom. The van der Waals surface area contributed by atoms with Crippen LogP contribution < -0.4 is 4.31 Å². The van der Waals surface area contributed by atoms with Gasteiger partial charge in [-0.1, -0.05) is 29.8 Å². The number of benzene rings is 2. The first-order valence-electron chi connectivity index (χ1n) is 6.53. The summed E-state index contributed by atoms with van der Waals surface area (Å²) >= 11 is 7.71. The minimum absolute atomic E-state index is 0.149. The maximum absolute atomic E-state index is 12.9. The Bertz CT molecular complexity index is 758. The van der Waals surface area contributed by atoms with Crippen LogP contribution in [0.2, 0.25) is 5.02 Å². The third-order valence-electron chi connectivity index (χ3n) is 3.06. The van der Waals surface area contributed by atoms with Crippen LogP contribution >= 0.6 is 23.4 Å². The van der Waals surface area contributed by atoms with Gasteiger partial charge in [-0.25, -0.2) is 8.42 Å². The Balaban J connectivity index is 2.50. The zero-order chi connectivity index (χ0) is 16.2. The molecule has 0 spiro atoms. The fourth-order valence-electron chi connectivity index (χ4n) is 1.97. The van der Waals surface area contributed by atoms with Crippen LogP contribution in [0, 0.1) is 0 Å². The maximum atomic E-state index is 12.9. The molecule has 0 aliphatic carbocycles. The molecule has 0 unspecified atom stereocenters. The van der Waals surface area contributed by atoms with E-state index in [9.17, 15) is 8.42 Å². The Labute approximate surface area is 140 Å². The van der Waals surface area contributed by atoms with Crippen LogP contribution in [0.15, 0.2) is 71.0 Å². The van der Waals surface area contributed by atoms with Gasteiger partial charge < -0.3 is 0 Å². The summed E-state index contributed by atoms with van der Waals surface area (Å²) < 4.78 is 27.0. The normalized spacial score (nSPS) is 11.2. The molecule has 2 aromatic rings. The lowest BCUT2D eigenvalue weighted by atomic mass is 10.3. The molecule has 3 nitrogen and oxygen atoms in total. The molecule has 0 aliphatic rings. The Morgan fingerprint density at radius 3 is 2.36 bits per heavy atom. The van der Waals surface area contributed by atoms with Crippen molar-refractivity contribution in [3.05, 3.63) is 66.2 Å². The molecule has 0 saturated heterocycles. The van der Waals surface area contributed by atoms with E-state index in [0.29, 0.717) is 10.7 Å². The quantitative estimate of drug-likeness (QED) is 0.569. The van der Waals surface area contributed by atoms with Gasteiger partial charge in [0.15, 0.2) is 0 Å². The highest BCUT2D eigenvalue weighted by molar-refractivity contribution is 7.98. The number of sulfonamides is 1. The van der Waals surface area contributed by atoms with E-state index in [-0.39, 0.29) is 11.4 Å². The summed E-state index contributed by atoms with van der Waals surface area (Å²) in [6.07, 6.45) is 3.48. The van der Waals surface area contributed by atoms with Crippen LogP contribution in [-0.4, -0.2) is 21.2 Å². The number of hydrogen-bond donors (Lipinski definition) is 0. The molecule has 0 radical (unpaired) electrons. The predicted molar refractivity (Wildman–Crippen MR) is 94.4 cm³/mol. The van der Waals surface area contributed by atoms with Gasteiger partial charge in [0.1, 0.15) is 0 Å². The van der Waals surface area contributed by atoms with E-state index in [1.165, 1.54) is 10.4 Å². The van der Waals surface area contributed by atoms with Gasteiger partial charge in [0.2, 0.25) is 0 Å². The van der Waals surface area contributed by atoms with Crippen LogP contribution in [0.4, 0.5) is 5.69 Å². The standard InChI is InChI=1S/C16H16ClNO2S2/c1-3-12-18(16-7-5-4-6-15(16)17)22(19,20)14-10-8-13(21-2)9-11-14/h3-11H,1,12H2,2H3. The van der Waals surface area contributed by atoms with Crippen LogP contribution in [0.25, 0.3) is 0 Å². The Hall–Kier alpha value is -1.43. The highest BCUT2D eigenvalue weighted by atomic mass is 35.5. The zero-order valence-electron chi connectivity index (χ0n) is 12.1. The molecule has 0 saturated carbocycles. The highest BCUT2D eigenvalue weighted by Gasteiger charge is 2.25. The van der Waals surface area contributed by atoms with Crippen molar-refractivity contribution in [2.75, 3.05) is 17.1 Å². The first-order valence-corrected chi connectivity index (χ1v) is 9.57. The van der Waals surface area contributed by atoms with Crippen molar-refractivity contribution >= 4 is 39.1 Å². The molecule has 0 aliphatic heterocycles. The van der Waals surface area contributed by atoms with Crippen LogP contribution in [0.3, 0.4) is 0 Å². The summed E-state index contributed by atoms with van der Waals surface area (Å²) in [6.45, 7) is 3.79. The second-order valence-electron chi connectivity index (χ2n) is 4.45. The van der Waals surface area contributed by atoms with Crippen molar-refractivity contribution in [3.63, 3.8) is 0 Å². The number of hydrogen-bond acceptors (Lipinski definition) is 3. The lowest BCUT2D eigenvalue weighted by Crippen LogP contribution is -2.31. The molecule has 116 valence electrons. The van der Waals surface area contributed by atoms with E-state index < -0.39 is 10.0 Å². The van der Waals surface area contributed by atoms with E-state index in [2.05, 4.69) is 6.58 Å². The van der Waals surface area contributed by atoms with E-state index in [1.807, 2.05) is 6.26 Å². The van der Waals surface area contributed by atoms with Gasteiger partial charge in [0, 0.05) is 4.90 Å². The smallest absolute Gasteiger partial charge is 0.261 e. The van der Waals surface area contributed by atoms with Crippen molar-refractivity contribution in [2.45, 2.75) is 9.79 Å². The fraction of sp³-hybridized carbons (Fsp3) is 0.125. The fourth-order valence-corrected chi connectivity index (χ4v) is 4.12. The number of rotatable bonds is 6. The SMILES string of the molecule is C=CCN(c1ccccc1Cl)S(=O)(=O)c1ccc(SC)cc1. The largest absolute Gasteiger partial charge is 0.264 e. The molecule has 6 heteroatoms. The molecule has 0 heterocycles. The molecule has 0 N–H and O–H groups in total. The number of para-hydroxylation sites is 1. The van der Waals surface area contributed by atoms with Crippen molar-refractivity contribution in [2.24, 2.45) is 0 Å². The van der Waals surface area contributed by atoms with Crippen LogP contribution in [0.5, 0.6) is 0 Å². The molecule has 22 heavy (non-hydrogen) atoms. The monoisotopic (exact) mass is 353 g/mol. The minimum Gasteiger partial charge on any atom is -0.261 e. The van der Waals surface area contributed by atoms with E-state index in [4.69, 9.17) is 11.6 Å². The maximum Gasteiger partial charge on any atom is 0.264 e. The van der Waals surface area contributed by atoms with Gasteiger partial charge in [0.25, 0.3) is 10.0 Å². The highest BCUT2D eigenvalue weighted by Crippen LogP contribution is 2.30. The van der Waals surface area contributed by atoms with E-state index in [1.54, 1.807) is 60.3 Å². The van der Waals surface area contributed by atoms with E-state index >= 15 is 0 Å². The number of thioether (sulfide) groups is 1. The Kier molecular flexibility index (Phi) is 5.56. The Morgan fingerprint density at radius 2 is 1.82 bits per heavy atom. The van der Waals surface area contributed by atoms with E-state index in [0.717, 1.165) is 4.90 Å². The summed E-state index contributed by atoms with van der Waals surface area (Å²) in [6, 6.07) is 13.6. The molecule has 0 bridgehead atoms. The summed E-state index contributed by atoms with van der Waals surface area (Å²) in [4.78, 5) is 1.24. The third-order valence-corrected chi connectivity index (χ3v) is 5.92. The van der Waals surface area contributed by atoms with Gasteiger partial charge in [0.05, 0.1) is 22.2 Å². The number of nitrogens with zero attached hydrogens (tertiary/aromatic N) is 1. The lowest BCUT2D eigenvalue weighted by Gasteiger charge is -2.24. The average molecular weight is 354 g/mol. The van der Waals surface area contributed by atoms with Crippen LogP contribution in [-0.2, 0) is 10.0 Å². The van der Waals surface area contributed by atoms with Gasteiger partial charge >= 0.3 is 0 Å². The molecular formula is C16H16ClNO2S2. The summed E-state index contributed by atoms with van der Waals surface area (Å²) in [5.41, 5.74) is 0.443. The molecule has 2 rings (SSSR count). The van der Waals surface area contributed by atoms with Crippen LogP contribution in [0.1, 0.15) is 0 Å². The number of anilines is 1.